The number of nitrogens with one attached hydrogen (secondary N) is 3. The number of halogens is 2. The molecule has 8 nitrogen and oxygen atoms in total. The van der Waals surface area contributed by atoms with Gasteiger partial charge in [-0.1, -0.05) is 31.9 Å². The minimum Gasteiger partial charge on any atom is -0.497 e. The van der Waals surface area contributed by atoms with Gasteiger partial charge in [-0.2, -0.15) is 0 Å². The molecule has 3 N–H and O–H groups in total. The molecule has 0 aliphatic carbocycles. The highest BCUT2D eigenvalue weighted by molar-refractivity contribution is 9.10. The maximum absolute atomic E-state index is 13.1. The minimum absolute atomic E-state index is 0.0852. The molecule has 10 heteroatoms. The van der Waals surface area contributed by atoms with Crippen LogP contribution in [0.5, 0.6) is 5.75 Å². The van der Waals surface area contributed by atoms with Gasteiger partial charge in [-0.25, -0.2) is 4.79 Å². The number of piperidine rings is 1. The van der Waals surface area contributed by atoms with Crippen LogP contribution in [0.1, 0.15) is 33.6 Å². The van der Waals surface area contributed by atoms with E-state index in [1.165, 1.54) is 0 Å². The van der Waals surface area contributed by atoms with Crippen LogP contribution in [0.3, 0.4) is 0 Å². The van der Waals surface area contributed by atoms with E-state index >= 15 is 0 Å². The third-order valence-electron chi connectivity index (χ3n) is 6.04. The van der Waals surface area contributed by atoms with Crippen molar-refractivity contribution in [2.75, 3.05) is 30.8 Å². The first-order chi connectivity index (χ1) is 17.8. The first-order valence-corrected chi connectivity index (χ1v) is 13.3. The second-order valence-electron chi connectivity index (χ2n) is 8.54. The fourth-order valence-electron chi connectivity index (χ4n) is 3.98. The average Bonchev–Trinajstić information content (AvgIpc) is 2.90. The van der Waals surface area contributed by atoms with Gasteiger partial charge in [0, 0.05) is 39.3 Å². The molecule has 0 unspecified atom stereocenters. The summed E-state index contributed by atoms with van der Waals surface area (Å²) >= 11 is 6.79. The Hall–Kier alpha value is -3.37. The van der Waals surface area contributed by atoms with Gasteiger partial charge in [-0.3, -0.25) is 9.59 Å². The monoisotopic (exact) mass is 628 g/mol. The number of ether oxygens (including phenoxy) is 1. The number of carbonyl (C=O) groups is 3. The number of likely N-dealkylation sites (tertiary alicyclic amines) is 1. The van der Waals surface area contributed by atoms with Crippen LogP contribution in [-0.4, -0.2) is 49.0 Å². The first kappa shape index (κ1) is 26.7. The van der Waals surface area contributed by atoms with Gasteiger partial charge >= 0.3 is 6.03 Å². The molecule has 3 aromatic rings. The SMILES string of the molecule is COc1ccc(C(=O)Nc2cc(Br)ccc2C(=O)NC2CCN(C(=O)Nc3ccc(Br)cc3)CC2)cc1. The molecule has 1 heterocycles. The molecular formula is C27H26Br2N4O4. The molecule has 0 radical (unpaired) electrons. The number of benzene rings is 3. The van der Waals surface area contributed by atoms with E-state index in [4.69, 9.17) is 4.74 Å². The lowest BCUT2D eigenvalue weighted by molar-refractivity contribution is 0.0920. The van der Waals surface area contributed by atoms with Gasteiger partial charge in [0.05, 0.1) is 18.4 Å². The number of hydrogen-bond acceptors (Lipinski definition) is 4. The van der Waals surface area contributed by atoms with Gasteiger partial charge in [0.25, 0.3) is 11.8 Å². The van der Waals surface area contributed by atoms with Crippen LogP contribution in [-0.2, 0) is 0 Å². The Kier molecular flexibility index (Phi) is 8.83. The van der Waals surface area contributed by atoms with E-state index in [2.05, 4.69) is 47.8 Å². The minimum atomic E-state index is -0.333. The second kappa shape index (κ2) is 12.2. The van der Waals surface area contributed by atoms with Crippen molar-refractivity contribution in [3.8, 4) is 5.75 Å². The van der Waals surface area contributed by atoms with Crippen LogP contribution < -0.4 is 20.7 Å². The van der Waals surface area contributed by atoms with E-state index in [-0.39, 0.29) is 23.9 Å². The van der Waals surface area contributed by atoms with Crippen LogP contribution in [0.2, 0.25) is 0 Å². The molecule has 0 spiro atoms. The van der Waals surface area contributed by atoms with Crippen LogP contribution >= 0.6 is 31.9 Å². The lowest BCUT2D eigenvalue weighted by atomic mass is 10.0. The highest BCUT2D eigenvalue weighted by atomic mass is 79.9. The molecular weight excluding hydrogens is 604 g/mol. The molecule has 4 rings (SSSR count). The standard InChI is InChI=1S/C27H26Br2N4O4/c1-37-22-9-2-17(3-10-22)25(34)32-24-16-19(29)6-11-23(24)26(35)30-21-12-14-33(15-13-21)27(36)31-20-7-4-18(28)5-8-20/h2-11,16,21H,12-15H2,1H3,(H,30,35)(H,31,36)(H,32,34). The molecule has 0 atom stereocenters. The molecule has 1 aliphatic heterocycles. The third kappa shape index (κ3) is 7.11. The Balaban J connectivity index is 1.34. The number of urea groups is 1. The highest BCUT2D eigenvalue weighted by Gasteiger charge is 2.25. The third-order valence-corrected chi connectivity index (χ3v) is 7.06. The number of amides is 4. The summed E-state index contributed by atoms with van der Waals surface area (Å²) in [7, 11) is 1.56. The van der Waals surface area contributed by atoms with Crippen molar-refractivity contribution in [2.45, 2.75) is 18.9 Å². The van der Waals surface area contributed by atoms with Crippen LogP contribution in [0.25, 0.3) is 0 Å². The predicted octanol–water partition coefficient (Wildman–Crippen LogP) is 5.90. The summed E-state index contributed by atoms with van der Waals surface area (Å²) < 4.78 is 6.81. The normalized spacial score (nSPS) is 13.5. The number of methoxy groups -OCH3 is 1. The van der Waals surface area contributed by atoms with Crippen molar-refractivity contribution in [1.29, 1.82) is 0 Å². The molecule has 1 fully saturated rings. The topological polar surface area (TPSA) is 99.8 Å². The van der Waals surface area contributed by atoms with Crippen molar-refractivity contribution in [3.63, 3.8) is 0 Å². The first-order valence-electron chi connectivity index (χ1n) is 11.7. The summed E-state index contributed by atoms with van der Waals surface area (Å²) in [4.78, 5) is 40.3. The molecule has 1 saturated heterocycles. The Morgan fingerprint density at radius 1 is 0.838 bits per heavy atom. The summed E-state index contributed by atoms with van der Waals surface area (Å²) in [5.74, 6) is 0.0334. The van der Waals surface area contributed by atoms with E-state index in [1.807, 2.05) is 24.3 Å². The molecule has 192 valence electrons. The van der Waals surface area contributed by atoms with E-state index in [1.54, 1.807) is 54.5 Å². The van der Waals surface area contributed by atoms with Crippen LogP contribution in [0, 0.1) is 0 Å². The summed E-state index contributed by atoms with van der Waals surface area (Å²) in [6.07, 6.45) is 1.26. The van der Waals surface area contributed by atoms with Gasteiger partial charge in [-0.05, 0) is 79.6 Å². The maximum Gasteiger partial charge on any atom is 0.321 e. The van der Waals surface area contributed by atoms with Gasteiger partial charge < -0.3 is 25.6 Å². The van der Waals surface area contributed by atoms with E-state index in [0.29, 0.717) is 48.5 Å². The number of anilines is 2. The number of nitrogens with zero attached hydrogens (tertiary/aromatic N) is 1. The largest absolute Gasteiger partial charge is 0.497 e. The molecule has 0 aromatic heterocycles. The number of rotatable bonds is 6. The van der Waals surface area contributed by atoms with Crippen LogP contribution in [0.15, 0.2) is 75.7 Å². The van der Waals surface area contributed by atoms with E-state index in [0.717, 1.165) is 14.6 Å². The molecule has 0 saturated carbocycles. The predicted molar refractivity (Wildman–Crippen MR) is 150 cm³/mol. The highest BCUT2D eigenvalue weighted by Crippen LogP contribution is 2.24. The number of hydrogen-bond donors (Lipinski definition) is 3. The molecule has 0 bridgehead atoms. The quantitative estimate of drug-likeness (QED) is 0.316. The van der Waals surface area contributed by atoms with Gasteiger partial charge in [0.15, 0.2) is 0 Å². The van der Waals surface area contributed by atoms with Gasteiger partial charge in [0.1, 0.15) is 5.75 Å². The van der Waals surface area contributed by atoms with Crippen molar-refractivity contribution >= 4 is 61.1 Å². The van der Waals surface area contributed by atoms with Crippen molar-refractivity contribution in [2.24, 2.45) is 0 Å². The van der Waals surface area contributed by atoms with Crippen molar-refractivity contribution in [3.05, 3.63) is 86.8 Å². The van der Waals surface area contributed by atoms with Crippen LogP contribution in [0.4, 0.5) is 16.2 Å². The molecule has 3 aromatic carbocycles. The molecule has 4 amide bonds. The second-order valence-corrected chi connectivity index (χ2v) is 10.4. The fraction of sp³-hybridized carbons (Fsp3) is 0.222. The van der Waals surface area contributed by atoms with E-state index < -0.39 is 0 Å². The summed E-state index contributed by atoms with van der Waals surface area (Å²) in [6, 6.07) is 19.0. The molecule has 1 aliphatic rings. The van der Waals surface area contributed by atoms with Gasteiger partial charge in [0.2, 0.25) is 0 Å². The Morgan fingerprint density at radius 3 is 2.14 bits per heavy atom. The summed E-state index contributed by atoms with van der Waals surface area (Å²) in [6.45, 7) is 1.05. The average molecular weight is 630 g/mol. The zero-order valence-corrected chi connectivity index (χ0v) is 23.3. The zero-order chi connectivity index (χ0) is 26.4. The smallest absolute Gasteiger partial charge is 0.321 e. The number of carbonyl (C=O) groups excluding carboxylic acids is 3. The van der Waals surface area contributed by atoms with Gasteiger partial charge in [-0.15, -0.1) is 0 Å². The Bertz CT molecular complexity index is 1270. The zero-order valence-electron chi connectivity index (χ0n) is 20.1. The lowest BCUT2D eigenvalue weighted by Crippen LogP contribution is -2.47. The van der Waals surface area contributed by atoms with Crippen molar-refractivity contribution < 1.29 is 19.1 Å². The maximum atomic E-state index is 13.1. The Labute approximate surface area is 232 Å². The Morgan fingerprint density at radius 2 is 1.49 bits per heavy atom. The molecule has 37 heavy (non-hydrogen) atoms. The lowest BCUT2D eigenvalue weighted by Gasteiger charge is -2.32. The fourth-order valence-corrected chi connectivity index (χ4v) is 4.61. The summed E-state index contributed by atoms with van der Waals surface area (Å²) in [5.41, 5.74) is 1.93. The summed E-state index contributed by atoms with van der Waals surface area (Å²) in [5, 5.41) is 8.79. The van der Waals surface area contributed by atoms with Crippen molar-refractivity contribution in [1.82, 2.24) is 10.2 Å². The van der Waals surface area contributed by atoms with E-state index in [9.17, 15) is 14.4 Å².